The van der Waals surface area contributed by atoms with Crippen molar-refractivity contribution in [3.05, 3.63) is 16.1 Å². The fourth-order valence-corrected chi connectivity index (χ4v) is 3.56. The molecule has 0 bridgehead atoms. The molecular weight excluding hydrogens is 423 g/mol. The van der Waals surface area contributed by atoms with Crippen molar-refractivity contribution < 1.29 is 4.74 Å². The van der Waals surface area contributed by atoms with Gasteiger partial charge in [-0.3, -0.25) is 4.99 Å². The van der Waals surface area contributed by atoms with Crippen LogP contribution >= 0.6 is 35.3 Å². The molecule has 1 fully saturated rings. The summed E-state index contributed by atoms with van der Waals surface area (Å²) < 4.78 is 5.67. The number of aromatic nitrogens is 1. The third kappa shape index (κ3) is 4.36. The number of methoxy groups -OCH3 is 1. The van der Waals surface area contributed by atoms with E-state index in [1.165, 1.54) is 0 Å². The highest BCUT2D eigenvalue weighted by molar-refractivity contribution is 14.0. The summed E-state index contributed by atoms with van der Waals surface area (Å²) in [6, 6.07) is 0.366. The predicted octanol–water partition coefficient (Wildman–Crippen LogP) is 2.98. The van der Waals surface area contributed by atoms with E-state index in [0.717, 1.165) is 36.0 Å². The van der Waals surface area contributed by atoms with E-state index in [4.69, 9.17) is 4.74 Å². The smallest absolute Gasteiger partial charge is 0.191 e. The molecule has 23 heavy (non-hydrogen) atoms. The molecule has 0 aromatic carbocycles. The molecule has 2 rings (SSSR count). The molecule has 2 atom stereocenters. The van der Waals surface area contributed by atoms with E-state index >= 15 is 0 Å². The van der Waals surface area contributed by atoms with Gasteiger partial charge in [0, 0.05) is 44.0 Å². The number of ether oxygens (including phenoxy) is 1. The summed E-state index contributed by atoms with van der Waals surface area (Å²) in [5.41, 5.74) is 1.15. The Morgan fingerprint density at radius 2 is 2.17 bits per heavy atom. The van der Waals surface area contributed by atoms with Gasteiger partial charge >= 0.3 is 0 Å². The molecule has 1 aliphatic rings. The standard InChI is InChI=1S/C16H28N4OS.HI/c1-11-19-12(10-22-11)7-8-18-14(17-5)20-13-9-16(4,21-6)15(13,2)3;/h10,13H,7-9H2,1-6H3,(H2,17,18,20);1H. The minimum atomic E-state index is -0.0678. The number of aryl methyl sites for hydroxylation is 1. The monoisotopic (exact) mass is 452 g/mol. The Morgan fingerprint density at radius 3 is 2.65 bits per heavy atom. The number of hydrogen-bond donors (Lipinski definition) is 2. The third-order valence-electron chi connectivity index (χ3n) is 5.15. The third-order valence-corrected chi connectivity index (χ3v) is 5.98. The lowest BCUT2D eigenvalue weighted by molar-refractivity contribution is -0.176. The van der Waals surface area contributed by atoms with Crippen molar-refractivity contribution in [1.29, 1.82) is 0 Å². The van der Waals surface area contributed by atoms with Gasteiger partial charge in [0.2, 0.25) is 0 Å². The second-order valence-corrected chi connectivity index (χ2v) is 7.73. The van der Waals surface area contributed by atoms with Gasteiger partial charge in [-0.1, -0.05) is 13.8 Å². The van der Waals surface area contributed by atoms with Crippen LogP contribution in [0.25, 0.3) is 0 Å². The molecule has 1 aliphatic carbocycles. The van der Waals surface area contributed by atoms with Crippen molar-refractivity contribution in [1.82, 2.24) is 15.6 Å². The van der Waals surface area contributed by atoms with Gasteiger partial charge in [0.05, 0.1) is 16.3 Å². The highest BCUT2D eigenvalue weighted by Crippen LogP contribution is 2.51. The molecule has 2 unspecified atom stereocenters. The zero-order valence-corrected chi connectivity index (χ0v) is 18.0. The summed E-state index contributed by atoms with van der Waals surface area (Å²) in [7, 11) is 3.60. The van der Waals surface area contributed by atoms with Crippen LogP contribution in [0.1, 0.15) is 37.9 Å². The van der Waals surface area contributed by atoms with E-state index in [2.05, 4.69) is 46.8 Å². The first-order valence-electron chi connectivity index (χ1n) is 7.76. The molecule has 1 saturated carbocycles. The molecule has 5 nitrogen and oxygen atoms in total. The number of rotatable bonds is 5. The van der Waals surface area contributed by atoms with Gasteiger partial charge in [-0.05, 0) is 20.3 Å². The van der Waals surface area contributed by atoms with Crippen LogP contribution in [0.15, 0.2) is 10.4 Å². The van der Waals surface area contributed by atoms with Gasteiger partial charge in [-0.2, -0.15) is 0 Å². The van der Waals surface area contributed by atoms with E-state index in [-0.39, 0.29) is 35.0 Å². The molecule has 0 radical (unpaired) electrons. The number of nitrogens with zero attached hydrogens (tertiary/aromatic N) is 2. The van der Waals surface area contributed by atoms with Crippen LogP contribution in [0.5, 0.6) is 0 Å². The summed E-state index contributed by atoms with van der Waals surface area (Å²) in [4.78, 5) is 8.80. The number of halogens is 1. The molecule has 0 aliphatic heterocycles. The molecule has 1 heterocycles. The highest BCUT2D eigenvalue weighted by atomic mass is 127. The first kappa shape index (κ1) is 20.6. The van der Waals surface area contributed by atoms with E-state index in [0.29, 0.717) is 6.04 Å². The average molecular weight is 452 g/mol. The second kappa shape index (κ2) is 8.11. The maximum Gasteiger partial charge on any atom is 0.191 e. The maximum absolute atomic E-state index is 5.67. The lowest BCUT2D eigenvalue weighted by Gasteiger charge is -2.59. The Balaban J connectivity index is 0.00000264. The topological polar surface area (TPSA) is 58.5 Å². The fraction of sp³-hybridized carbons (Fsp3) is 0.750. The van der Waals surface area contributed by atoms with Crippen LogP contribution in [0.2, 0.25) is 0 Å². The van der Waals surface area contributed by atoms with Crippen LogP contribution in [0.4, 0.5) is 0 Å². The van der Waals surface area contributed by atoms with E-state index in [1.54, 1.807) is 18.4 Å². The summed E-state index contributed by atoms with van der Waals surface area (Å²) in [5.74, 6) is 0.850. The average Bonchev–Trinajstić information content (AvgIpc) is 2.90. The number of thiazole rings is 1. The quantitative estimate of drug-likeness (QED) is 0.410. The first-order valence-corrected chi connectivity index (χ1v) is 8.63. The number of hydrogen-bond acceptors (Lipinski definition) is 4. The Kier molecular flexibility index (Phi) is 7.28. The zero-order valence-electron chi connectivity index (χ0n) is 14.9. The number of guanidine groups is 1. The number of aliphatic imine (C=N–C) groups is 1. The minimum absolute atomic E-state index is 0. The van der Waals surface area contributed by atoms with Gasteiger partial charge in [-0.15, -0.1) is 35.3 Å². The highest BCUT2D eigenvalue weighted by Gasteiger charge is 2.57. The van der Waals surface area contributed by atoms with Crippen LogP contribution in [-0.2, 0) is 11.2 Å². The van der Waals surface area contributed by atoms with Crippen molar-refractivity contribution in [3.63, 3.8) is 0 Å². The summed E-state index contributed by atoms with van der Waals surface area (Å²) >= 11 is 1.70. The fourth-order valence-electron chi connectivity index (χ4n) is 2.91. The Hall–Kier alpha value is -0.410. The Morgan fingerprint density at radius 1 is 1.48 bits per heavy atom. The second-order valence-electron chi connectivity index (χ2n) is 6.66. The van der Waals surface area contributed by atoms with Crippen LogP contribution in [0, 0.1) is 12.3 Å². The predicted molar refractivity (Wildman–Crippen MR) is 108 cm³/mol. The van der Waals surface area contributed by atoms with Gasteiger partial charge in [0.25, 0.3) is 0 Å². The van der Waals surface area contributed by atoms with Gasteiger partial charge in [0.15, 0.2) is 5.96 Å². The Labute approximate surface area is 160 Å². The molecular formula is C16H29IN4OS. The molecule has 0 saturated heterocycles. The lowest BCUT2D eigenvalue weighted by atomic mass is 9.56. The molecule has 1 aromatic heterocycles. The molecule has 0 spiro atoms. The molecule has 0 amide bonds. The summed E-state index contributed by atoms with van der Waals surface area (Å²) in [6.45, 7) is 9.52. The normalized spacial score (nSPS) is 26.2. The first-order chi connectivity index (χ1) is 10.3. The maximum atomic E-state index is 5.67. The summed E-state index contributed by atoms with van der Waals surface area (Å²) in [6.07, 6.45) is 1.90. The zero-order chi connectivity index (χ0) is 16.4. The van der Waals surface area contributed by atoms with Crippen molar-refractivity contribution in [2.24, 2.45) is 10.4 Å². The van der Waals surface area contributed by atoms with Crippen molar-refractivity contribution >= 4 is 41.3 Å². The molecule has 132 valence electrons. The van der Waals surface area contributed by atoms with Crippen molar-refractivity contribution in [2.75, 3.05) is 20.7 Å². The largest absolute Gasteiger partial charge is 0.378 e. The van der Waals surface area contributed by atoms with Gasteiger partial charge in [-0.25, -0.2) is 4.98 Å². The van der Waals surface area contributed by atoms with Crippen LogP contribution in [-0.4, -0.2) is 43.3 Å². The van der Waals surface area contributed by atoms with Gasteiger partial charge in [0.1, 0.15) is 0 Å². The number of nitrogens with one attached hydrogen (secondary N) is 2. The van der Waals surface area contributed by atoms with E-state index in [1.807, 2.05) is 14.0 Å². The van der Waals surface area contributed by atoms with Crippen molar-refractivity contribution in [3.8, 4) is 0 Å². The molecule has 1 aromatic rings. The Bertz CT molecular complexity index is 546. The van der Waals surface area contributed by atoms with E-state index < -0.39 is 0 Å². The minimum Gasteiger partial charge on any atom is -0.378 e. The van der Waals surface area contributed by atoms with Crippen LogP contribution < -0.4 is 10.6 Å². The van der Waals surface area contributed by atoms with Crippen molar-refractivity contribution in [2.45, 2.75) is 52.2 Å². The molecule has 2 N–H and O–H groups in total. The van der Waals surface area contributed by atoms with Crippen LogP contribution in [0.3, 0.4) is 0 Å². The lowest BCUT2D eigenvalue weighted by Crippen LogP contribution is -2.69. The summed E-state index contributed by atoms with van der Waals surface area (Å²) in [5, 5.41) is 10.1. The SMILES string of the molecule is CN=C(NCCc1csc(C)n1)NC1CC(C)(OC)C1(C)C.I. The molecule has 7 heteroatoms. The van der Waals surface area contributed by atoms with Gasteiger partial charge < -0.3 is 15.4 Å². The van der Waals surface area contributed by atoms with E-state index in [9.17, 15) is 0 Å².